The average Bonchev–Trinajstić information content (AvgIpc) is 2.74. The van der Waals surface area contributed by atoms with Crippen LogP contribution in [0.2, 0.25) is 0 Å². The molecular weight excluding hydrogens is 384 g/mol. The molecular formula is C23H22N2O3S. The number of hydrogen-bond donors (Lipinski definition) is 2. The van der Waals surface area contributed by atoms with E-state index in [0.29, 0.717) is 17.0 Å². The number of amides is 2. The zero-order chi connectivity index (χ0) is 20.6. The molecule has 0 radical (unpaired) electrons. The van der Waals surface area contributed by atoms with Gasteiger partial charge in [0.05, 0.1) is 12.9 Å². The number of benzene rings is 3. The molecule has 0 saturated heterocycles. The fourth-order valence-electron chi connectivity index (χ4n) is 2.61. The molecule has 0 aromatic heterocycles. The molecule has 29 heavy (non-hydrogen) atoms. The Morgan fingerprint density at radius 1 is 0.897 bits per heavy atom. The van der Waals surface area contributed by atoms with E-state index >= 15 is 0 Å². The smallest absolute Gasteiger partial charge is 0.255 e. The molecule has 0 fully saturated rings. The zero-order valence-corrected chi connectivity index (χ0v) is 17.1. The maximum Gasteiger partial charge on any atom is 0.255 e. The van der Waals surface area contributed by atoms with Crippen molar-refractivity contribution in [2.45, 2.75) is 11.8 Å². The molecule has 2 amide bonds. The van der Waals surface area contributed by atoms with Gasteiger partial charge in [-0.15, -0.1) is 11.8 Å². The van der Waals surface area contributed by atoms with E-state index in [9.17, 15) is 9.59 Å². The number of anilines is 2. The number of thioether (sulfide) groups is 1. The summed E-state index contributed by atoms with van der Waals surface area (Å²) in [4.78, 5) is 25.5. The van der Waals surface area contributed by atoms with Crippen LogP contribution in [-0.4, -0.2) is 24.7 Å². The van der Waals surface area contributed by atoms with Crippen LogP contribution in [0, 0.1) is 6.92 Å². The third-order valence-corrected chi connectivity index (χ3v) is 5.12. The highest BCUT2D eigenvalue weighted by atomic mass is 32.2. The van der Waals surface area contributed by atoms with Crippen LogP contribution in [-0.2, 0) is 4.79 Å². The van der Waals surface area contributed by atoms with Gasteiger partial charge in [0, 0.05) is 21.8 Å². The first-order valence-electron chi connectivity index (χ1n) is 9.08. The van der Waals surface area contributed by atoms with Gasteiger partial charge in [-0.3, -0.25) is 9.59 Å². The lowest BCUT2D eigenvalue weighted by atomic mass is 10.2. The molecule has 3 aromatic carbocycles. The summed E-state index contributed by atoms with van der Waals surface area (Å²) in [7, 11) is 1.56. The molecule has 5 nitrogen and oxygen atoms in total. The molecule has 3 aromatic rings. The fourth-order valence-corrected chi connectivity index (χ4v) is 3.37. The van der Waals surface area contributed by atoms with E-state index in [1.807, 2.05) is 55.5 Å². The third kappa shape index (κ3) is 6.12. The second-order valence-corrected chi connectivity index (χ2v) is 7.47. The lowest BCUT2D eigenvalue weighted by Gasteiger charge is -2.09. The molecule has 0 atom stereocenters. The number of rotatable bonds is 7. The summed E-state index contributed by atoms with van der Waals surface area (Å²) in [6, 6.07) is 22.1. The van der Waals surface area contributed by atoms with Gasteiger partial charge in [-0.2, -0.15) is 0 Å². The van der Waals surface area contributed by atoms with Gasteiger partial charge in [0.2, 0.25) is 5.91 Å². The molecule has 0 aliphatic heterocycles. The molecule has 0 bridgehead atoms. The highest BCUT2D eigenvalue weighted by Gasteiger charge is 2.09. The molecule has 0 saturated carbocycles. The van der Waals surface area contributed by atoms with Gasteiger partial charge in [-0.1, -0.05) is 29.8 Å². The summed E-state index contributed by atoms with van der Waals surface area (Å²) >= 11 is 1.41. The lowest BCUT2D eigenvalue weighted by molar-refractivity contribution is -0.113. The Morgan fingerprint density at radius 2 is 1.66 bits per heavy atom. The Morgan fingerprint density at radius 3 is 2.41 bits per heavy atom. The highest BCUT2D eigenvalue weighted by molar-refractivity contribution is 8.00. The quantitative estimate of drug-likeness (QED) is 0.543. The molecule has 0 aliphatic rings. The average molecular weight is 407 g/mol. The third-order valence-electron chi connectivity index (χ3n) is 4.13. The molecule has 0 heterocycles. The van der Waals surface area contributed by atoms with Crippen LogP contribution in [0.4, 0.5) is 11.4 Å². The molecule has 2 N–H and O–H groups in total. The largest absolute Gasteiger partial charge is 0.497 e. The summed E-state index contributed by atoms with van der Waals surface area (Å²) in [6.45, 7) is 2.00. The van der Waals surface area contributed by atoms with E-state index < -0.39 is 0 Å². The van der Waals surface area contributed by atoms with Crippen molar-refractivity contribution in [1.82, 2.24) is 0 Å². The number of nitrogens with one attached hydrogen (secondary N) is 2. The van der Waals surface area contributed by atoms with Gasteiger partial charge in [-0.25, -0.2) is 0 Å². The van der Waals surface area contributed by atoms with Crippen LogP contribution in [0.25, 0.3) is 0 Å². The standard InChI is InChI=1S/C23H22N2O3S/c1-16-9-11-18(12-10-16)24-22(26)15-29-21-8-4-6-19(14-21)25-23(27)17-5-3-7-20(13-17)28-2/h3-14H,15H2,1-2H3,(H,24,26)(H,25,27). The fraction of sp³-hybridized carbons (Fsp3) is 0.130. The van der Waals surface area contributed by atoms with Crippen molar-refractivity contribution >= 4 is 35.0 Å². The van der Waals surface area contributed by atoms with Crippen molar-refractivity contribution in [2.75, 3.05) is 23.5 Å². The summed E-state index contributed by atoms with van der Waals surface area (Å²) in [6.07, 6.45) is 0. The maximum absolute atomic E-state index is 12.4. The minimum absolute atomic E-state index is 0.0790. The Bertz CT molecular complexity index is 1000. The summed E-state index contributed by atoms with van der Waals surface area (Å²) in [5.41, 5.74) is 3.10. The van der Waals surface area contributed by atoms with Crippen molar-refractivity contribution in [3.63, 3.8) is 0 Å². The first-order chi connectivity index (χ1) is 14.0. The normalized spacial score (nSPS) is 10.3. The van der Waals surface area contributed by atoms with Crippen molar-refractivity contribution in [1.29, 1.82) is 0 Å². The summed E-state index contributed by atoms with van der Waals surface area (Å²) < 4.78 is 5.16. The molecule has 0 spiro atoms. The monoisotopic (exact) mass is 406 g/mol. The Kier molecular flexibility index (Phi) is 6.92. The predicted octanol–water partition coefficient (Wildman–Crippen LogP) is 4.99. The van der Waals surface area contributed by atoms with Gasteiger partial charge < -0.3 is 15.4 Å². The minimum atomic E-state index is -0.219. The van der Waals surface area contributed by atoms with Crippen LogP contribution in [0.3, 0.4) is 0 Å². The lowest BCUT2D eigenvalue weighted by Crippen LogP contribution is -2.14. The predicted molar refractivity (Wildman–Crippen MR) is 118 cm³/mol. The van der Waals surface area contributed by atoms with Gasteiger partial charge in [0.15, 0.2) is 0 Å². The number of carbonyl (C=O) groups is 2. The van der Waals surface area contributed by atoms with Gasteiger partial charge in [0.25, 0.3) is 5.91 Å². The van der Waals surface area contributed by atoms with Crippen LogP contribution >= 0.6 is 11.8 Å². The number of methoxy groups -OCH3 is 1. The molecule has 0 aliphatic carbocycles. The van der Waals surface area contributed by atoms with Gasteiger partial charge in [0.1, 0.15) is 5.75 Å². The van der Waals surface area contributed by atoms with E-state index in [-0.39, 0.29) is 17.6 Å². The Hall–Kier alpha value is -3.25. The Labute approximate surface area is 174 Å². The van der Waals surface area contributed by atoms with E-state index in [0.717, 1.165) is 16.1 Å². The number of hydrogen-bond acceptors (Lipinski definition) is 4. The van der Waals surface area contributed by atoms with Crippen LogP contribution in [0.5, 0.6) is 5.75 Å². The Balaban J connectivity index is 1.56. The van der Waals surface area contributed by atoms with Crippen molar-refractivity contribution in [2.24, 2.45) is 0 Å². The topological polar surface area (TPSA) is 67.4 Å². The summed E-state index contributed by atoms with van der Waals surface area (Å²) in [5.74, 6) is 0.607. The molecule has 6 heteroatoms. The SMILES string of the molecule is COc1cccc(C(=O)Nc2cccc(SCC(=O)Nc3ccc(C)cc3)c2)c1. The minimum Gasteiger partial charge on any atom is -0.497 e. The first kappa shape index (κ1) is 20.5. The zero-order valence-electron chi connectivity index (χ0n) is 16.3. The maximum atomic E-state index is 12.4. The van der Waals surface area contributed by atoms with Gasteiger partial charge in [-0.05, 0) is 55.5 Å². The number of aryl methyl sites for hydroxylation is 1. The van der Waals surface area contributed by atoms with Crippen molar-refractivity contribution in [3.05, 3.63) is 83.9 Å². The van der Waals surface area contributed by atoms with Crippen LogP contribution in [0.1, 0.15) is 15.9 Å². The van der Waals surface area contributed by atoms with E-state index in [4.69, 9.17) is 4.74 Å². The van der Waals surface area contributed by atoms with Gasteiger partial charge >= 0.3 is 0 Å². The first-order valence-corrected chi connectivity index (χ1v) is 10.1. The number of carbonyl (C=O) groups excluding carboxylic acids is 2. The highest BCUT2D eigenvalue weighted by Crippen LogP contribution is 2.23. The molecule has 0 unspecified atom stereocenters. The number of ether oxygens (including phenoxy) is 1. The van der Waals surface area contributed by atoms with Crippen molar-refractivity contribution < 1.29 is 14.3 Å². The van der Waals surface area contributed by atoms with Crippen LogP contribution < -0.4 is 15.4 Å². The molecule has 148 valence electrons. The molecule has 3 rings (SSSR count). The van der Waals surface area contributed by atoms with E-state index in [2.05, 4.69) is 10.6 Å². The van der Waals surface area contributed by atoms with Crippen molar-refractivity contribution in [3.8, 4) is 5.75 Å². The summed E-state index contributed by atoms with van der Waals surface area (Å²) in [5, 5.41) is 5.75. The second-order valence-electron chi connectivity index (χ2n) is 6.42. The van der Waals surface area contributed by atoms with E-state index in [1.165, 1.54) is 11.8 Å². The van der Waals surface area contributed by atoms with E-state index in [1.54, 1.807) is 31.4 Å². The van der Waals surface area contributed by atoms with Crippen LogP contribution in [0.15, 0.2) is 77.7 Å². The second kappa shape index (κ2) is 9.80.